The van der Waals surface area contributed by atoms with Crippen LogP contribution in [0.25, 0.3) is 5.65 Å². The fraction of sp³-hybridized carbons (Fsp3) is 0.294. The Morgan fingerprint density at radius 3 is 2.36 bits per heavy atom. The van der Waals surface area contributed by atoms with Gasteiger partial charge in [0.05, 0.1) is 4.75 Å². The molecular formula is C17H18FN5O4S. The summed E-state index contributed by atoms with van der Waals surface area (Å²) in [6.07, 6.45) is 0. The number of benzene rings is 1. The van der Waals surface area contributed by atoms with Crippen molar-refractivity contribution >= 4 is 27.1 Å². The van der Waals surface area contributed by atoms with E-state index in [-0.39, 0.29) is 10.7 Å². The normalized spacial score (nSPS) is 12.3. The lowest BCUT2D eigenvalue weighted by molar-refractivity contribution is -0.117. The molecule has 0 saturated carbocycles. The Kier molecular flexibility index (Phi) is 4.79. The average molecular weight is 407 g/mol. The SMILES string of the molecule is CC(C)(C)S(=O)(=O)c1ccc2nn(CC(=O)Nc3ccc(F)cc3)c(=O)n2n1. The first-order valence-electron chi connectivity index (χ1n) is 8.26. The van der Waals surface area contributed by atoms with Gasteiger partial charge in [0.25, 0.3) is 0 Å². The molecule has 1 amide bonds. The minimum absolute atomic E-state index is 0.104. The fourth-order valence-corrected chi connectivity index (χ4v) is 3.39. The van der Waals surface area contributed by atoms with Gasteiger partial charge in [-0.3, -0.25) is 4.79 Å². The van der Waals surface area contributed by atoms with Crippen molar-refractivity contribution < 1.29 is 17.6 Å². The second kappa shape index (κ2) is 6.82. The van der Waals surface area contributed by atoms with Crippen molar-refractivity contribution in [3.05, 3.63) is 52.7 Å². The highest BCUT2D eigenvalue weighted by Gasteiger charge is 2.32. The van der Waals surface area contributed by atoms with Crippen molar-refractivity contribution in [1.29, 1.82) is 0 Å². The summed E-state index contributed by atoms with van der Waals surface area (Å²) in [6, 6.07) is 7.75. The zero-order valence-electron chi connectivity index (χ0n) is 15.4. The molecule has 1 N–H and O–H groups in total. The maximum absolute atomic E-state index is 12.9. The lowest BCUT2D eigenvalue weighted by atomic mass is 10.3. The third-order valence-electron chi connectivity index (χ3n) is 3.92. The van der Waals surface area contributed by atoms with Crippen molar-refractivity contribution in [1.82, 2.24) is 19.4 Å². The Labute approximate surface area is 159 Å². The molecule has 0 aliphatic carbocycles. The molecule has 1 aromatic carbocycles. The van der Waals surface area contributed by atoms with E-state index in [1.807, 2.05) is 0 Å². The summed E-state index contributed by atoms with van der Waals surface area (Å²) in [7, 11) is -3.76. The van der Waals surface area contributed by atoms with Crippen LogP contribution in [0, 0.1) is 5.82 Å². The van der Waals surface area contributed by atoms with Gasteiger partial charge in [-0.2, -0.15) is 4.52 Å². The number of sulfone groups is 1. The molecule has 2 heterocycles. The van der Waals surface area contributed by atoms with Crippen LogP contribution in [-0.4, -0.2) is 38.5 Å². The minimum Gasteiger partial charge on any atom is -0.324 e. The van der Waals surface area contributed by atoms with Gasteiger partial charge >= 0.3 is 5.69 Å². The van der Waals surface area contributed by atoms with Crippen LogP contribution in [-0.2, 0) is 21.2 Å². The van der Waals surface area contributed by atoms with E-state index in [1.165, 1.54) is 57.2 Å². The standard InChI is InChI=1S/C17H18FN5O4S/c1-17(2,3)28(26,27)15-9-8-13-20-22(16(25)23(13)21-15)10-14(24)19-12-6-4-11(18)5-7-12/h4-9H,10H2,1-3H3,(H,19,24). The molecule has 0 bridgehead atoms. The van der Waals surface area contributed by atoms with Crippen molar-refractivity contribution in [2.45, 2.75) is 37.1 Å². The van der Waals surface area contributed by atoms with E-state index in [1.54, 1.807) is 0 Å². The lowest BCUT2D eigenvalue weighted by Crippen LogP contribution is -2.31. The van der Waals surface area contributed by atoms with Gasteiger partial charge in [-0.1, -0.05) is 0 Å². The van der Waals surface area contributed by atoms with Crippen LogP contribution in [0.1, 0.15) is 20.8 Å². The smallest absolute Gasteiger partial charge is 0.324 e. The van der Waals surface area contributed by atoms with Crippen molar-refractivity contribution in [3.8, 4) is 0 Å². The number of aromatic nitrogens is 4. The number of amides is 1. The zero-order chi connectivity index (χ0) is 20.7. The second-order valence-corrected chi connectivity index (χ2v) is 9.70. The molecule has 0 aliphatic heterocycles. The van der Waals surface area contributed by atoms with E-state index in [9.17, 15) is 22.4 Å². The van der Waals surface area contributed by atoms with Crippen LogP contribution in [0.4, 0.5) is 10.1 Å². The number of rotatable bonds is 4. The number of anilines is 1. The van der Waals surface area contributed by atoms with Gasteiger partial charge in [0.1, 0.15) is 12.4 Å². The van der Waals surface area contributed by atoms with Crippen LogP contribution in [0.2, 0.25) is 0 Å². The molecule has 2 aromatic heterocycles. The van der Waals surface area contributed by atoms with Crippen molar-refractivity contribution in [2.24, 2.45) is 0 Å². The van der Waals surface area contributed by atoms with E-state index in [0.717, 1.165) is 9.20 Å². The third-order valence-corrected chi connectivity index (χ3v) is 6.30. The summed E-state index contributed by atoms with van der Waals surface area (Å²) in [5.41, 5.74) is -0.289. The van der Waals surface area contributed by atoms with Gasteiger partial charge in [-0.15, -0.1) is 10.2 Å². The van der Waals surface area contributed by atoms with E-state index in [4.69, 9.17) is 0 Å². The van der Waals surface area contributed by atoms with Crippen LogP contribution in [0.15, 0.2) is 46.2 Å². The summed E-state index contributed by atoms with van der Waals surface area (Å²) in [4.78, 5) is 24.6. The van der Waals surface area contributed by atoms with Gasteiger partial charge < -0.3 is 5.32 Å². The third kappa shape index (κ3) is 3.65. The molecule has 0 atom stereocenters. The predicted molar refractivity (Wildman–Crippen MR) is 99.2 cm³/mol. The van der Waals surface area contributed by atoms with Crippen LogP contribution < -0.4 is 11.0 Å². The van der Waals surface area contributed by atoms with Crippen molar-refractivity contribution in [3.63, 3.8) is 0 Å². The van der Waals surface area contributed by atoms with Crippen molar-refractivity contribution in [2.75, 3.05) is 5.32 Å². The molecule has 148 valence electrons. The molecule has 11 heteroatoms. The number of hydrogen-bond donors (Lipinski definition) is 1. The molecular weight excluding hydrogens is 389 g/mol. The molecule has 3 aromatic rings. The lowest BCUT2D eigenvalue weighted by Gasteiger charge is -2.17. The highest BCUT2D eigenvalue weighted by atomic mass is 32.2. The monoisotopic (exact) mass is 407 g/mol. The Balaban J connectivity index is 1.89. The number of nitrogens with one attached hydrogen (secondary N) is 1. The Bertz CT molecular complexity index is 1210. The van der Waals surface area contributed by atoms with Gasteiger partial charge in [0, 0.05) is 5.69 Å². The molecule has 0 fully saturated rings. The van der Waals surface area contributed by atoms with E-state index < -0.39 is 38.5 Å². The maximum atomic E-state index is 12.9. The molecule has 0 unspecified atom stereocenters. The number of carbonyl (C=O) groups is 1. The summed E-state index contributed by atoms with van der Waals surface area (Å²) in [6.45, 7) is 4.17. The average Bonchev–Trinajstić information content (AvgIpc) is 2.91. The molecule has 9 nitrogen and oxygen atoms in total. The summed E-state index contributed by atoms with van der Waals surface area (Å²) in [5, 5.41) is 10.1. The second-order valence-electron chi connectivity index (χ2n) is 7.05. The number of carbonyl (C=O) groups excluding carboxylic acids is 1. The van der Waals surface area contributed by atoms with Gasteiger partial charge in [-0.25, -0.2) is 22.3 Å². The summed E-state index contributed by atoms with van der Waals surface area (Å²) in [5.74, 6) is -0.999. The first-order chi connectivity index (χ1) is 13.0. The molecule has 3 rings (SSSR count). The van der Waals surface area contributed by atoms with E-state index in [2.05, 4.69) is 15.5 Å². The van der Waals surface area contributed by atoms with E-state index >= 15 is 0 Å². The van der Waals surface area contributed by atoms with Gasteiger partial charge in [0.2, 0.25) is 15.7 Å². The first-order valence-corrected chi connectivity index (χ1v) is 9.74. The van der Waals surface area contributed by atoms with Crippen LogP contribution in [0.3, 0.4) is 0 Å². The van der Waals surface area contributed by atoms with Gasteiger partial charge in [0.15, 0.2) is 10.7 Å². The predicted octanol–water partition coefficient (Wildman–Crippen LogP) is 1.24. The first kappa shape index (κ1) is 19.7. The maximum Gasteiger partial charge on any atom is 0.367 e. The number of fused-ring (bicyclic) bond motifs is 1. The fourth-order valence-electron chi connectivity index (χ4n) is 2.32. The number of nitrogens with zero attached hydrogens (tertiary/aromatic N) is 4. The molecule has 0 aliphatic rings. The number of hydrogen-bond acceptors (Lipinski definition) is 6. The zero-order valence-corrected chi connectivity index (χ0v) is 16.2. The topological polar surface area (TPSA) is 115 Å². The van der Waals surface area contributed by atoms with E-state index in [0.29, 0.717) is 5.69 Å². The number of halogens is 1. The minimum atomic E-state index is -3.76. The Morgan fingerprint density at radius 2 is 1.75 bits per heavy atom. The molecule has 0 saturated heterocycles. The van der Waals surface area contributed by atoms with Gasteiger partial charge in [-0.05, 0) is 57.2 Å². The highest BCUT2D eigenvalue weighted by Crippen LogP contribution is 2.22. The Morgan fingerprint density at radius 1 is 1.11 bits per heavy atom. The quantitative estimate of drug-likeness (QED) is 0.696. The van der Waals surface area contributed by atoms with Crippen LogP contribution in [0.5, 0.6) is 0 Å². The molecule has 0 radical (unpaired) electrons. The Hall–Kier alpha value is -3.08. The molecule has 28 heavy (non-hydrogen) atoms. The highest BCUT2D eigenvalue weighted by molar-refractivity contribution is 7.92. The summed E-state index contributed by atoms with van der Waals surface area (Å²) < 4.78 is 38.6. The molecule has 0 spiro atoms. The van der Waals surface area contributed by atoms with Crippen LogP contribution >= 0.6 is 0 Å². The largest absolute Gasteiger partial charge is 0.367 e. The summed E-state index contributed by atoms with van der Waals surface area (Å²) >= 11 is 0.